The number of aromatic nitrogens is 4. The lowest BCUT2D eigenvalue weighted by Gasteiger charge is -2.32. The number of likely N-dealkylation sites (tertiary alicyclic amines) is 2. The van der Waals surface area contributed by atoms with Crippen LogP contribution in [0.1, 0.15) is 50.7 Å². The van der Waals surface area contributed by atoms with Gasteiger partial charge in [-0.3, -0.25) is 9.58 Å². The van der Waals surface area contributed by atoms with Crippen molar-refractivity contribution in [2.75, 3.05) is 38.3 Å². The highest BCUT2D eigenvalue weighted by Gasteiger charge is 2.41. The molecule has 2 aliphatic rings. The molecule has 0 aliphatic carbocycles. The van der Waals surface area contributed by atoms with Crippen molar-refractivity contribution in [2.45, 2.75) is 76.8 Å². The number of hydrogen-bond donors (Lipinski definition) is 3. The lowest BCUT2D eigenvalue weighted by Crippen LogP contribution is -2.44. The minimum absolute atomic E-state index is 0.0163. The highest BCUT2D eigenvalue weighted by molar-refractivity contribution is 5.86. The van der Waals surface area contributed by atoms with Gasteiger partial charge in [0.15, 0.2) is 5.82 Å². The number of fused-ring (bicyclic) bond motifs is 3. The minimum Gasteiger partial charge on any atom is -0.496 e. The maximum Gasteiger partial charge on any atom is 0.222 e. The van der Waals surface area contributed by atoms with Gasteiger partial charge < -0.3 is 25.8 Å². The van der Waals surface area contributed by atoms with Crippen molar-refractivity contribution in [1.82, 2.24) is 29.5 Å². The van der Waals surface area contributed by atoms with Gasteiger partial charge in [0.1, 0.15) is 22.6 Å². The molecule has 2 aromatic heterocycles. The fraction of sp³-hybridized carbons (Fsp3) is 0.593. The SMILES string of the molecule is CCC[C@@H](CC(C)O)Nc1nc(N)nc2cnn(Cc3cc(CN4C[C@H]5C[C@@H]4CN5C)c(F)cc3OC)c12. The Morgan fingerprint density at radius 2 is 2.03 bits per heavy atom. The molecule has 2 saturated heterocycles. The summed E-state index contributed by atoms with van der Waals surface area (Å²) in [6.45, 7) is 6.80. The molecule has 10 nitrogen and oxygen atoms in total. The van der Waals surface area contributed by atoms with Crippen molar-refractivity contribution in [3.05, 3.63) is 35.3 Å². The molecule has 4 N–H and O–H groups in total. The molecule has 2 fully saturated rings. The zero-order chi connectivity index (χ0) is 27.0. The molecule has 5 rings (SSSR count). The lowest BCUT2D eigenvalue weighted by molar-refractivity contribution is 0.142. The van der Waals surface area contributed by atoms with Crippen LogP contribution < -0.4 is 15.8 Å². The van der Waals surface area contributed by atoms with Crippen LogP contribution in [0.5, 0.6) is 5.75 Å². The van der Waals surface area contributed by atoms with Crippen LogP contribution in [0.25, 0.3) is 11.0 Å². The molecule has 3 aromatic rings. The van der Waals surface area contributed by atoms with Gasteiger partial charge in [0.05, 0.1) is 26.0 Å². The standard InChI is InChI=1S/C27H39FN8O2/c1-5-6-19(7-16(2)37)31-26-25-23(32-27(29)33-26)11-30-36(25)13-18-8-17(22(28)10-24(18)38-4)12-35-15-20-9-21(35)14-34(20)3/h8,10-11,16,19-21,37H,5-7,9,12-15H2,1-4H3,(H3,29,31,32,33)/t16?,19-,20+,21+/m0/s1. The number of aliphatic hydroxyl groups is 1. The van der Waals surface area contributed by atoms with Gasteiger partial charge in [0.2, 0.25) is 5.95 Å². The van der Waals surface area contributed by atoms with Crippen LogP contribution in [0.4, 0.5) is 16.2 Å². The average molecular weight is 527 g/mol. The molecule has 38 heavy (non-hydrogen) atoms. The van der Waals surface area contributed by atoms with Crippen LogP contribution >= 0.6 is 0 Å². The zero-order valence-corrected chi connectivity index (χ0v) is 22.7. The number of likely N-dealkylation sites (N-methyl/N-ethyl adjacent to an activating group) is 1. The zero-order valence-electron chi connectivity index (χ0n) is 22.7. The molecule has 0 amide bonds. The number of aliphatic hydroxyl groups excluding tert-OH is 1. The second-order valence-electron chi connectivity index (χ2n) is 10.8. The van der Waals surface area contributed by atoms with Crippen LogP contribution in [-0.2, 0) is 13.1 Å². The Balaban J connectivity index is 1.45. The molecular formula is C27H39FN8O2. The van der Waals surface area contributed by atoms with E-state index in [0.29, 0.717) is 59.8 Å². The van der Waals surface area contributed by atoms with E-state index < -0.39 is 6.10 Å². The quantitative estimate of drug-likeness (QED) is 0.347. The molecule has 206 valence electrons. The summed E-state index contributed by atoms with van der Waals surface area (Å²) >= 11 is 0. The van der Waals surface area contributed by atoms with Crippen molar-refractivity contribution in [1.29, 1.82) is 0 Å². The number of nitrogens with one attached hydrogen (secondary N) is 1. The van der Waals surface area contributed by atoms with Crippen molar-refractivity contribution in [2.24, 2.45) is 0 Å². The minimum atomic E-state index is -0.452. The summed E-state index contributed by atoms with van der Waals surface area (Å²) in [5, 5.41) is 18.0. The Kier molecular flexibility index (Phi) is 7.69. The smallest absolute Gasteiger partial charge is 0.222 e. The Labute approximate surface area is 223 Å². The summed E-state index contributed by atoms with van der Waals surface area (Å²) in [5.41, 5.74) is 8.82. The largest absolute Gasteiger partial charge is 0.496 e. The molecule has 0 saturated carbocycles. The summed E-state index contributed by atoms with van der Waals surface area (Å²) < 4.78 is 22.5. The lowest BCUT2D eigenvalue weighted by atomic mass is 10.1. The van der Waals surface area contributed by atoms with Gasteiger partial charge in [0.25, 0.3) is 0 Å². The first-order valence-electron chi connectivity index (χ1n) is 13.5. The van der Waals surface area contributed by atoms with E-state index in [1.165, 1.54) is 6.07 Å². The fourth-order valence-corrected chi connectivity index (χ4v) is 6.05. The van der Waals surface area contributed by atoms with Gasteiger partial charge in [-0.15, -0.1) is 0 Å². The predicted molar refractivity (Wildman–Crippen MR) is 146 cm³/mol. The first-order valence-corrected chi connectivity index (χ1v) is 13.5. The van der Waals surface area contributed by atoms with Gasteiger partial charge in [-0.05, 0) is 39.3 Å². The molecule has 4 heterocycles. The molecule has 0 radical (unpaired) electrons. The van der Waals surface area contributed by atoms with E-state index in [1.54, 1.807) is 24.9 Å². The topological polar surface area (TPSA) is 118 Å². The van der Waals surface area contributed by atoms with Gasteiger partial charge in [-0.1, -0.05) is 13.3 Å². The number of piperazine rings is 1. The number of nitrogens with zero attached hydrogens (tertiary/aromatic N) is 6. The van der Waals surface area contributed by atoms with Crippen molar-refractivity contribution < 1.29 is 14.2 Å². The van der Waals surface area contributed by atoms with Gasteiger partial charge >= 0.3 is 0 Å². The highest BCUT2D eigenvalue weighted by Crippen LogP contribution is 2.33. The molecule has 2 aliphatic heterocycles. The van der Waals surface area contributed by atoms with E-state index in [1.807, 2.05) is 6.07 Å². The second-order valence-corrected chi connectivity index (χ2v) is 10.8. The highest BCUT2D eigenvalue weighted by atomic mass is 19.1. The fourth-order valence-electron chi connectivity index (χ4n) is 6.05. The van der Waals surface area contributed by atoms with Crippen molar-refractivity contribution in [3.63, 3.8) is 0 Å². The first kappa shape index (κ1) is 26.6. The summed E-state index contributed by atoms with van der Waals surface area (Å²) in [6.07, 6.45) is 4.76. The monoisotopic (exact) mass is 526 g/mol. The van der Waals surface area contributed by atoms with Crippen LogP contribution in [0, 0.1) is 5.82 Å². The van der Waals surface area contributed by atoms with Gasteiger partial charge in [-0.25, -0.2) is 9.37 Å². The molecule has 4 atom stereocenters. The molecule has 1 unspecified atom stereocenters. The third-order valence-electron chi connectivity index (χ3n) is 7.88. The van der Waals surface area contributed by atoms with E-state index in [0.717, 1.165) is 37.9 Å². The van der Waals surface area contributed by atoms with E-state index in [2.05, 4.69) is 44.2 Å². The van der Waals surface area contributed by atoms with Crippen LogP contribution in [0.15, 0.2) is 18.3 Å². The third-order valence-corrected chi connectivity index (χ3v) is 7.88. The Hall–Kier alpha value is -3.02. The number of nitrogens with two attached hydrogens (primary N) is 1. The summed E-state index contributed by atoms with van der Waals surface area (Å²) in [4.78, 5) is 13.6. The molecule has 2 bridgehead atoms. The third kappa shape index (κ3) is 5.41. The van der Waals surface area contributed by atoms with E-state index in [4.69, 9.17) is 10.5 Å². The Morgan fingerprint density at radius 1 is 1.21 bits per heavy atom. The number of benzene rings is 1. The Bertz CT molecular complexity index is 1280. The molecular weight excluding hydrogens is 487 g/mol. The number of halogens is 1. The summed E-state index contributed by atoms with van der Waals surface area (Å²) in [6, 6.07) is 4.42. The summed E-state index contributed by atoms with van der Waals surface area (Å²) in [7, 11) is 3.72. The normalized spacial score (nSPS) is 21.3. The number of methoxy groups -OCH3 is 1. The van der Waals surface area contributed by atoms with Crippen molar-refractivity contribution in [3.8, 4) is 5.75 Å². The number of ether oxygens (including phenoxy) is 1. The number of nitrogen functional groups attached to an aromatic ring is 1. The van der Waals surface area contributed by atoms with Gasteiger partial charge in [-0.2, -0.15) is 10.1 Å². The summed E-state index contributed by atoms with van der Waals surface area (Å²) in [5.74, 6) is 0.939. The number of rotatable bonds is 11. The number of anilines is 2. The van der Waals surface area contributed by atoms with Crippen molar-refractivity contribution >= 4 is 22.8 Å². The average Bonchev–Trinajstić information content (AvgIpc) is 3.54. The van der Waals surface area contributed by atoms with Crippen LogP contribution in [-0.4, -0.2) is 86.1 Å². The van der Waals surface area contributed by atoms with E-state index in [-0.39, 0.29) is 17.8 Å². The maximum absolute atomic E-state index is 15.1. The predicted octanol–water partition coefficient (Wildman–Crippen LogP) is 2.84. The van der Waals surface area contributed by atoms with Crippen LogP contribution in [0.3, 0.4) is 0 Å². The van der Waals surface area contributed by atoms with E-state index >= 15 is 4.39 Å². The van der Waals surface area contributed by atoms with Gasteiger partial charge in [0, 0.05) is 55.0 Å². The maximum atomic E-state index is 15.1. The van der Waals surface area contributed by atoms with Crippen LogP contribution in [0.2, 0.25) is 0 Å². The Morgan fingerprint density at radius 3 is 2.68 bits per heavy atom. The molecule has 0 spiro atoms. The molecule has 1 aromatic carbocycles. The van der Waals surface area contributed by atoms with E-state index in [9.17, 15) is 5.11 Å². The second kappa shape index (κ2) is 11.0. The molecule has 11 heteroatoms. The number of hydrogen-bond acceptors (Lipinski definition) is 9. The first-order chi connectivity index (χ1) is 18.2.